The number of rotatable bonds is 5. The van der Waals surface area contributed by atoms with E-state index in [0.29, 0.717) is 36.2 Å². The van der Waals surface area contributed by atoms with Gasteiger partial charge < -0.3 is 9.64 Å². The Labute approximate surface area is 154 Å². The second kappa shape index (κ2) is 7.20. The smallest absolute Gasteiger partial charge is 0.223 e. The van der Waals surface area contributed by atoms with Crippen LogP contribution in [0.1, 0.15) is 30.7 Å². The normalized spacial score (nSPS) is 33.4. The van der Waals surface area contributed by atoms with Gasteiger partial charge in [-0.1, -0.05) is 12.1 Å². The molecule has 0 radical (unpaired) electrons. The van der Waals surface area contributed by atoms with Crippen molar-refractivity contribution in [2.45, 2.75) is 37.3 Å². The molecule has 4 fully saturated rings. The van der Waals surface area contributed by atoms with Crippen LogP contribution < -0.4 is 4.74 Å². The molecule has 1 aromatic rings. The maximum absolute atomic E-state index is 12.9. The molecule has 1 amide bonds. The Hall–Kier alpha value is -1.20. The molecule has 4 nitrogen and oxygen atoms in total. The van der Waals surface area contributed by atoms with Crippen LogP contribution in [0.2, 0.25) is 0 Å². The van der Waals surface area contributed by atoms with E-state index < -0.39 is 0 Å². The number of piperidine rings is 3. The minimum atomic E-state index is 0.350. The van der Waals surface area contributed by atoms with Crippen LogP contribution in [0.15, 0.2) is 24.3 Å². The van der Waals surface area contributed by atoms with E-state index in [1.165, 1.54) is 31.5 Å². The van der Waals surface area contributed by atoms with Crippen LogP contribution in [-0.2, 0) is 4.79 Å². The minimum absolute atomic E-state index is 0.350. The van der Waals surface area contributed by atoms with Crippen molar-refractivity contribution in [2.24, 2.45) is 5.92 Å². The molecule has 0 aliphatic carbocycles. The maximum Gasteiger partial charge on any atom is 0.223 e. The fourth-order valence-corrected chi connectivity index (χ4v) is 5.58. The first kappa shape index (κ1) is 17.2. The quantitative estimate of drug-likeness (QED) is 0.808. The van der Waals surface area contributed by atoms with Crippen LogP contribution in [-0.4, -0.2) is 66.5 Å². The number of carbonyl (C=O) groups is 1. The monoisotopic (exact) mass is 360 g/mol. The number of hydrogen-bond acceptors (Lipinski definition) is 4. The molecular weight excluding hydrogens is 332 g/mol. The summed E-state index contributed by atoms with van der Waals surface area (Å²) >= 11 is 1.76. The molecule has 0 saturated carbocycles. The third-order valence-corrected chi connectivity index (χ3v) is 6.97. The highest BCUT2D eigenvalue weighted by Crippen LogP contribution is 2.47. The minimum Gasteiger partial charge on any atom is -0.497 e. The summed E-state index contributed by atoms with van der Waals surface area (Å²) in [4.78, 5) is 17.8. The van der Waals surface area contributed by atoms with Gasteiger partial charge in [0.2, 0.25) is 5.91 Å². The fraction of sp³-hybridized carbons (Fsp3) is 0.650. The average molecular weight is 361 g/mol. The average Bonchev–Trinajstić information content (AvgIpc) is 3.10. The van der Waals surface area contributed by atoms with Gasteiger partial charge in [0.25, 0.3) is 0 Å². The lowest BCUT2D eigenvalue weighted by Gasteiger charge is -2.51. The Bertz CT molecular complexity index is 630. The number of carbonyl (C=O) groups excluding carboxylic acids is 1. The molecule has 136 valence electrons. The fourth-order valence-electron chi connectivity index (χ4n) is 5.20. The highest BCUT2D eigenvalue weighted by molar-refractivity contribution is 7.98. The largest absolute Gasteiger partial charge is 0.497 e. The Morgan fingerprint density at radius 2 is 2.08 bits per heavy atom. The first-order valence-corrected chi connectivity index (χ1v) is 10.8. The van der Waals surface area contributed by atoms with E-state index in [-0.39, 0.29) is 0 Å². The lowest BCUT2D eigenvalue weighted by Crippen LogP contribution is -2.60. The van der Waals surface area contributed by atoms with Gasteiger partial charge >= 0.3 is 0 Å². The Morgan fingerprint density at radius 3 is 2.80 bits per heavy atom. The molecule has 0 unspecified atom stereocenters. The predicted molar refractivity (Wildman–Crippen MR) is 102 cm³/mol. The Morgan fingerprint density at radius 1 is 1.28 bits per heavy atom. The molecule has 0 spiro atoms. The summed E-state index contributed by atoms with van der Waals surface area (Å²) in [7, 11) is 1.72. The van der Waals surface area contributed by atoms with E-state index in [2.05, 4.69) is 34.3 Å². The van der Waals surface area contributed by atoms with Crippen molar-refractivity contribution in [1.29, 1.82) is 0 Å². The van der Waals surface area contributed by atoms with Gasteiger partial charge in [-0.3, -0.25) is 9.69 Å². The number of amides is 1. The van der Waals surface area contributed by atoms with Gasteiger partial charge in [-0.05, 0) is 55.8 Å². The number of hydrogen-bond donors (Lipinski definition) is 0. The molecule has 0 N–H and O–H groups in total. The number of thioether (sulfide) groups is 1. The third-order valence-electron chi connectivity index (χ3n) is 6.36. The van der Waals surface area contributed by atoms with Gasteiger partial charge in [0.05, 0.1) is 13.2 Å². The van der Waals surface area contributed by atoms with Gasteiger partial charge in [-0.25, -0.2) is 0 Å². The van der Waals surface area contributed by atoms with E-state index in [1.807, 2.05) is 6.07 Å². The highest BCUT2D eigenvalue weighted by Gasteiger charge is 2.54. The Balaban J connectivity index is 1.64. The summed E-state index contributed by atoms with van der Waals surface area (Å²) in [6, 6.07) is 9.36. The highest BCUT2D eigenvalue weighted by atomic mass is 32.2. The summed E-state index contributed by atoms with van der Waals surface area (Å²) in [5.74, 6) is 3.27. The van der Waals surface area contributed by atoms with Gasteiger partial charge in [0.15, 0.2) is 0 Å². The number of likely N-dealkylation sites (tertiary alicyclic amines) is 1. The van der Waals surface area contributed by atoms with Crippen molar-refractivity contribution in [1.82, 2.24) is 9.80 Å². The first-order chi connectivity index (χ1) is 12.2. The van der Waals surface area contributed by atoms with Crippen LogP contribution >= 0.6 is 11.8 Å². The topological polar surface area (TPSA) is 32.8 Å². The summed E-state index contributed by atoms with van der Waals surface area (Å²) in [6.45, 7) is 3.25. The summed E-state index contributed by atoms with van der Waals surface area (Å²) in [5, 5.41) is 0. The molecule has 2 bridgehead atoms. The molecule has 0 aromatic heterocycles. The molecule has 4 aliphatic heterocycles. The lowest BCUT2D eigenvalue weighted by atomic mass is 9.75. The summed E-state index contributed by atoms with van der Waals surface area (Å²) < 4.78 is 5.44. The van der Waals surface area contributed by atoms with E-state index in [0.717, 1.165) is 18.0 Å². The number of ether oxygens (including phenoxy) is 1. The van der Waals surface area contributed by atoms with Crippen LogP contribution in [0.4, 0.5) is 0 Å². The second-order valence-electron chi connectivity index (χ2n) is 7.53. The number of fused-ring (bicyclic) bond motifs is 2. The zero-order chi connectivity index (χ0) is 17.4. The van der Waals surface area contributed by atoms with Gasteiger partial charge in [-0.2, -0.15) is 11.8 Å². The molecule has 4 saturated heterocycles. The van der Waals surface area contributed by atoms with E-state index in [9.17, 15) is 4.79 Å². The zero-order valence-corrected chi connectivity index (χ0v) is 16.0. The molecule has 4 aliphatic rings. The van der Waals surface area contributed by atoms with Crippen molar-refractivity contribution in [3.05, 3.63) is 29.8 Å². The number of methoxy groups -OCH3 is 1. The molecule has 4 heterocycles. The first-order valence-electron chi connectivity index (χ1n) is 9.39. The lowest BCUT2D eigenvalue weighted by molar-refractivity contribution is -0.135. The summed E-state index contributed by atoms with van der Waals surface area (Å²) in [6.07, 6.45) is 5.24. The van der Waals surface area contributed by atoms with Crippen LogP contribution in [0.25, 0.3) is 0 Å². The SMILES string of the molecule is COc1cccc([C@H]2CN(C(=O)CCSC)[C@@H]3C4CCN(CC4)[C@H]23)c1. The van der Waals surface area contributed by atoms with E-state index >= 15 is 0 Å². The molecule has 25 heavy (non-hydrogen) atoms. The van der Waals surface area contributed by atoms with Gasteiger partial charge in [0.1, 0.15) is 5.75 Å². The van der Waals surface area contributed by atoms with Crippen molar-refractivity contribution < 1.29 is 9.53 Å². The number of benzene rings is 1. The van der Waals surface area contributed by atoms with Crippen LogP contribution in [0.5, 0.6) is 5.75 Å². The zero-order valence-electron chi connectivity index (χ0n) is 15.2. The van der Waals surface area contributed by atoms with E-state index in [4.69, 9.17) is 4.74 Å². The van der Waals surface area contributed by atoms with E-state index in [1.54, 1.807) is 18.9 Å². The maximum atomic E-state index is 12.9. The van der Waals surface area contributed by atoms with Crippen molar-refractivity contribution >= 4 is 17.7 Å². The molecular formula is C20H28N2O2S. The Kier molecular flexibility index (Phi) is 4.96. The predicted octanol–water partition coefficient (Wildman–Crippen LogP) is 2.84. The number of nitrogens with zero attached hydrogens (tertiary/aromatic N) is 2. The van der Waals surface area contributed by atoms with Gasteiger partial charge in [-0.15, -0.1) is 0 Å². The third kappa shape index (κ3) is 3.06. The second-order valence-corrected chi connectivity index (χ2v) is 8.51. The molecule has 5 rings (SSSR count). The van der Waals surface area contributed by atoms with Crippen LogP contribution in [0, 0.1) is 5.92 Å². The van der Waals surface area contributed by atoms with Crippen molar-refractivity contribution in [2.75, 3.05) is 38.8 Å². The van der Waals surface area contributed by atoms with Crippen LogP contribution in [0.3, 0.4) is 0 Å². The summed E-state index contributed by atoms with van der Waals surface area (Å²) in [5.41, 5.74) is 1.32. The van der Waals surface area contributed by atoms with Crippen molar-refractivity contribution in [3.8, 4) is 5.75 Å². The molecule has 3 atom stereocenters. The molecule has 5 heteroatoms. The van der Waals surface area contributed by atoms with Crippen molar-refractivity contribution in [3.63, 3.8) is 0 Å². The molecule has 1 aromatic carbocycles. The van der Waals surface area contributed by atoms with Gasteiger partial charge in [0, 0.05) is 30.7 Å². The standard InChI is InChI=1S/C20H28N2O2S/c1-24-16-5-3-4-15(12-16)17-13-22(18(23)8-11-25-2)19-14-6-9-21(10-7-14)20(17)19/h3-5,12,14,17,19-20H,6-11,13H2,1-2H3/t17-,19-,20-/m1/s1.